The summed E-state index contributed by atoms with van der Waals surface area (Å²) >= 11 is 1.26. The number of carbonyl (C=O) groups excluding carboxylic acids is 1. The molecule has 9 rings (SSSR count). The molecule has 1 saturated heterocycles. The zero-order valence-corrected chi connectivity index (χ0v) is 29.9. The molecule has 5 aromatic heterocycles. The van der Waals surface area contributed by atoms with Gasteiger partial charge in [0.15, 0.2) is 22.1 Å². The molecule has 6 aromatic rings. The lowest BCUT2D eigenvalue weighted by atomic mass is 9.81. The minimum atomic E-state index is -5.09. The van der Waals surface area contributed by atoms with Crippen LogP contribution in [0.15, 0.2) is 53.3 Å². The lowest BCUT2D eigenvalue weighted by molar-refractivity contribution is -0.142. The molecular formula is C36H28F7N9O3S. The van der Waals surface area contributed by atoms with Gasteiger partial charge in [0.2, 0.25) is 5.91 Å². The van der Waals surface area contributed by atoms with Gasteiger partial charge in [-0.15, -0.1) is 0 Å². The molecule has 290 valence electrons. The number of anilines is 1. The van der Waals surface area contributed by atoms with Crippen molar-refractivity contribution >= 4 is 38.4 Å². The number of alkyl halides is 5. The van der Waals surface area contributed by atoms with E-state index in [1.54, 1.807) is 32.0 Å². The molecule has 1 aromatic carbocycles. The quantitative estimate of drug-likeness (QED) is 0.135. The Hall–Kier alpha value is -5.63. The number of amides is 1. The van der Waals surface area contributed by atoms with Crippen LogP contribution in [0.2, 0.25) is 0 Å². The molecule has 6 heterocycles. The highest BCUT2D eigenvalue weighted by Gasteiger charge is 2.61. The molecule has 1 fully saturated rings. The molecule has 0 bridgehead atoms. The van der Waals surface area contributed by atoms with Crippen LogP contribution in [0.1, 0.15) is 52.8 Å². The van der Waals surface area contributed by atoms with E-state index < -0.39 is 82.3 Å². The van der Waals surface area contributed by atoms with E-state index in [1.807, 2.05) is 4.90 Å². The summed E-state index contributed by atoms with van der Waals surface area (Å²) in [6.45, 7) is 2.83. The predicted molar refractivity (Wildman–Crippen MR) is 187 cm³/mol. The minimum absolute atomic E-state index is 0.0502. The Bertz CT molecular complexity index is 2690. The van der Waals surface area contributed by atoms with E-state index in [0.29, 0.717) is 56.1 Å². The maximum Gasteiger partial charge on any atom is 0.435 e. The first-order valence-electron chi connectivity index (χ1n) is 17.2. The van der Waals surface area contributed by atoms with Gasteiger partial charge in [-0.2, -0.15) is 37.1 Å². The number of rotatable bonds is 8. The molecule has 0 spiro atoms. The highest BCUT2D eigenvalue weighted by Crippen LogP contribution is 2.60. The fourth-order valence-corrected chi connectivity index (χ4v) is 8.91. The number of β-amino-alcohol motifs (C(OH)–C–C–N with tert-alkyl or cyclic N) is 1. The summed E-state index contributed by atoms with van der Waals surface area (Å²) in [5.41, 5.74) is -2.92. The van der Waals surface area contributed by atoms with E-state index in [-0.39, 0.29) is 23.3 Å². The Morgan fingerprint density at radius 3 is 2.48 bits per heavy atom. The number of nitrogens with one attached hydrogen (secondary N) is 2. The lowest BCUT2D eigenvalue weighted by Crippen LogP contribution is -2.60. The summed E-state index contributed by atoms with van der Waals surface area (Å²) in [5.74, 6) is -9.41. The largest absolute Gasteiger partial charge is 0.435 e. The van der Waals surface area contributed by atoms with Crippen LogP contribution in [0.3, 0.4) is 0 Å². The molecule has 0 saturated carbocycles. The van der Waals surface area contributed by atoms with Crippen molar-refractivity contribution in [3.8, 4) is 11.1 Å². The van der Waals surface area contributed by atoms with Crippen molar-refractivity contribution in [1.29, 1.82) is 0 Å². The first-order valence-corrected chi connectivity index (χ1v) is 18.0. The third-order valence-corrected chi connectivity index (χ3v) is 11.5. The summed E-state index contributed by atoms with van der Waals surface area (Å²) in [4.78, 5) is 38.0. The molecule has 3 atom stereocenters. The first kappa shape index (κ1) is 36.0. The van der Waals surface area contributed by atoms with Crippen molar-refractivity contribution in [3.63, 3.8) is 0 Å². The second kappa shape index (κ2) is 12.2. The molecule has 0 unspecified atom stereocenters. The molecule has 20 heteroatoms. The number of fused-ring (bicyclic) bond motifs is 5. The number of allylic oxidation sites excluding steroid dienone is 2. The highest BCUT2D eigenvalue weighted by atomic mass is 32.1. The first-order chi connectivity index (χ1) is 26.4. The van der Waals surface area contributed by atoms with Gasteiger partial charge in [0.05, 0.1) is 41.0 Å². The van der Waals surface area contributed by atoms with Crippen molar-refractivity contribution in [1.82, 2.24) is 39.7 Å². The lowest BCUT2D eigenvalue weighted by Gasteiger charge is -2.43. The van der Waals surface area contributed by atoms with Crippen LogP contribution in [-0.2, 0) is 29.9 Å². The van der Waals surface area contributed by atoms with Crippen molar-refractivity contribution in [2.24, 2.45) is 5.92 Å². The van der Waals surface area contributed by atoms with E-state index >= 15 is 8.78 Å². The van der Waals surface area contributed by atoms with Gasteiger partial charge in [-0.3, -0.25) is 9.48 Å². The maximum absolute atomic E-state index is 15.6. The van der Waals surface area contributed by atoms with Crippen LogP contribution in [0.4, 0.5) is 35.9 Å². The number of H-pyrrole nitrogens is 1. The van der Waals surface area contributed by atoms with Gasteiger partial charge in [-0.05, 0) is 56.2 Å². The fraction of sp³-hybridized carbons (Fsp3) is 0.333. The summed E-state index contributed by atoms with van der Waals surface area (Å²) < 4.78 is 105. The van der Waals surface area contributed by atoms with Crippen LogP contribution in [0.5, 0.6) is 0 Å². The van der Waals surface area contributed by atoms with E-state index in [4.69, 9.17) is 4.98 Å². The number of hydrogen-bond donors (Lipinski definition) is 3. The Balaban J connectivity index is 1.17. The zero-order valence-electron chi connectivity index (χ0n) is 29.1. The number of aliphatic hydroxyl groups is 1. The summed E-state index contributed by atoms with van der Waals surface area (Å²) in [6.07, 6.45) is -3.06. The summed E-state index contributed by atoms with van der Waals surface area (Å²) in [6, 6.07) is 6.32. The van der Waals surface area contributed by atoms with Gasteiger partial charge in [0, 0.05) is 34.4 Å². The highest BCUT2D eigenvalue weighted by molar-refractivity contribution is 7.22. The number of pyridine rings is 2. The Morgan fingerprint density at radius 2 is 1.82 bits per heavy atom. The van der Waals surface area contributed by atoms with E-state index in [9.17, 15) is 36.6 Å². The third kappa shape index (κ3) is 5.75. The SMILES string of the molecule is Cc1c(-c2cc3sc(N4CC(C)(O)C4)nc3nc2[C@H](Cc2cc(F)cc(F)c2)NC(=O)Cn2nc(C(F)(F)F)c3c2C(F)(F)[C@@H]2C=C[C@H]32)ccc2n[nH]c(=O)n12. The molecule has 56 heavy (non-hydrogen) atoms. The number of aromatic nitrogens is 7. The Morgan fingerprint density at radius 1 is 1.09 bits per heavy atom. The van der Waals surface area contributed by atoms with Crippen LogP contribution in [-0.4, -0.2) is 64.1 Å². The molecular weight excluding hydrogens is 772 g/mol. The standard InChI is InChI=1S/C36H28F7N9O3S/c1-15-19(4-6-25-47-48-32(54)52(15)25)21-11-24-31(46-33(56-24)50-13-34(2,55)14-50)45-28(21)23(9-16-7-17(37)10-18(38)8-16)44-26(53)12-51-30-27(29(49-51)36(41,42)43)20-3-5-22(20)35(30,39)40/h3-8,10-11,20,22-23,55H,9,12-14H2,1-2H3,(H,44,53)(H,48,54)/t20-,22+,23-/m0/s1. The number of nitrogens with zero attached hydrogens (tertiary/aromatic N) is 7. The number of halogens is 7. The minimum Gasteiger partial charge on any atom is -0.386 e. The molecule has 1 aliphatic heterocycles. The van der Waals surface area contributed by atoms with Gasteiger partial charge in [0.25, 0.3) is 5.92 Å². The van der Waals surface area contributed by atoms with Gasteiger partial charge in [0.1, 0.15) is 23.9 Å². The monoisotopic (exact) mass is 799 g/mol. The molecule has 1 amide bonds. The Kier molecular flexibility index (Phi) is 7.84. The third-order valence-electron chi connectivity index (χ3n) is 10.4. The number of benzene rings is 1. The van der Waals surface area contributed by atoms with Crippen LogP contribution in [0, 0.1) is 24.5 Å². The predicted octanol–water partition coefficient (Wildman–Crippen LogP) is 5.54. The molecule has 0 radical (unpaired) electrons. The van der Waals surface area contributed by atoms with Gasteiger partial charge in [-0.25, -0.2) is 28.1 Å². The topological polar surface area (TPSA) is 146 Å². The second-order valence-electron chi connectivity index (χ2n) is 14.6. The smallest absolute Gasteiger partial charge is 0.386 e. The number of thiazole rings is 1. The number of aryl methyl sites for hydroxylation is 1. The van der Waals surface area contributed by atoms with Crippen LogP contribution >= 0.6 is 11.3 Å². The average Bonchev–Trinajstić information content (AvgIpc) is 3.79. The zero-order chi connectivity index (χ0) is 39.6. The summed E-state index contributed by atoms with van der Waals surface area (Å²) in [7, 11) is 0. The van der Waals surface area contributed by atoms with E-state index in [1.165, 1.54) is 21.8 Å². The molecule has 12 nitrogen and oxygen atoms in total. The Labute approximate surface area is 314 Å². The average molecular weight is 800 g/mol. The van der Waals surface area contributed by atoms with Crippen LogP contribution in [0.25, 0.3) is 27.1 Å². The van der Waals surface area contributed by atoms with Crippen molar-refractivity contribution < 1.29 is 40.6 Å². The second-order valence-corrected chi connectivity index (χ2v) is 15.6. The van der Waals surface area contributed by atoms with Crippen molar-refractivity contribution in [2.45, 2.75) is 56.5 Å². The van der Waals surface area contributed by atoms with Gasteiger partial charge in [-0.1, -0.05) is 23.5 Å². The normalized spacial score (nSPS) is 19.9. The van der Waals surface area contributed by atoms with E-state index in [2.05, 4.69) is 25.6 Å². The number of carbonyl (C=O) groups is 1. The molecule has 3 aliphatic rings. The van der Waals surface area contributed by atoms with Crippen molar-refractivity contribution in [3.05, 3.63) is 105 Å². The van der Waals surface area contributed by atoms with Gasteiger partial charge < -0.3 is 15.3 Å². The number of hydrogen-bond acceptors (Lipinski definition) is 9. The van der Waals surface area contributed by atoms with Crippen molar-refractivity contribution in [2.75, 3.05) is 18.0 Å². The molecule has 3 N–H and O–H groups in total. The van der Waals surface area contributed by atoms with Gasteiger partial charge >= 0.3 is 11.9 Å². The fourth-order valence-electron chi connectivity index (χ4n) is 7.96. The summed E-state index contributed by atoms with van der Waals surface area (Å²) in [5, 5.41) is 23.4. The number of aromatic amines is 1. The van der Waals surface area contributed by atoms with Crippen LogP contribution < -0.4 is 15.9 Å². The maximum atomic E-state index is 15.6. The molecule has 2 aliphatic carbocycles. The van der Waals surface area contributed by atoms with E-state index in [0.717, 1.165) is 18.2 Å².